The van der Waals surface area contributed by atoms with E-state index in [4.69, 9.17) is 9.84 Å². The van der Waals surface area contributed by atoms with Crippen molar-refractivity contribution in [1.29, 1.82) is 0 Å². The lowest BCUT2D eigenvalue weighted by Gasteiger charge is -2.35. The lowest BCUT2D eigenvalue weighted by Crippen LogP contribution is -2.43. The first-order valence-corrected chi connectivity index (χ1v) is 9.92. The second-order valence-corrected chi connectivity index (χ2v) is 8.16. The molecule has 2 aromatic rings. The van der Waals surface area contributed by atoms with Crippen LogP contribution in [-0.4, -0.2) is 54.5 Å². The van der Waals surface area contributed by atoms with Crippen LogP contribution in [0, 0.1) is 0 Å². The molecular weight excluding hydrogens is 380 g/mol. The van der Waals surface area contributed by atoms with Gasteiger partial charge < -0.3 is 20.1 Å². The summed E-state index contributed by atoms with van der Waals surface area (Å²) in [4.78, 5) is 27.0. The summed E-state index contributed by atoms with van der Waals surface area (Å²) in [7, 11) is 3.24. The SMILES string of the molecule is COc1ccc2c(c1)/C(=C/C(=O)c1cccc(C(=O)N(C)CCO)c1)NC(C)(C)C2. The Morgan fingerprint density at radius 1 is 1.20 bits per heavy atom. The number of carbonyl (C=O) groups excluding carboxylic acids is 2. The zero-order valence-electron chi connectivity index (χ0n) is 17.9. The number of aliphatic hydroxyl groups excluding tert-OH is 1. The number of benzene rings is 2. The molecule has 0 fully saturated rings. The summed E-state index contributed by atoms with van der Waals surface area (Å²) in [6, 6.07) is 12.5. The Balaban J connectivity index is 1.95. The highest BCUT2D eigenvalue weighted by molar-refractivity contribution is 6.10. The summed E-state index contributed by atoms with van der Waals surface area (Å²) >= 11 is 0. The number of carbonyl (C=O) groups is 2. The van der Waals surface area contributed by atoms with Gasteiger partial charge in [0.15, 0.2) is 5.78 Å². The van der Waals surface area contributed by atoms with Gasteiger partial charge in [-0.15, -0.1) is 0 Å². The van der Waals surface area contributed by atoms with Gasteiger partial charge in [-0.3, -0.25) is 9.59 Å². The molecule has 1 heterocycles. The summed E-state index contributed by atoms with van der Waals surface area (Å²) in [5.74, 6) is 0.301. The quantitative estimate of drug-likeness (QED) is 0.568. The minimum absolute atomic E-state index is 0.114. The Hall–Kier alpha value is -3.12. The fraction of sp³-hybridized carbons (Fsp3) is 0.333. The molecule has 2 aromatic carbocycles. The molecule has 0 saturated carbocycles. The van der Waals surface area contributed by atoms with Crippen LogP contribution >= 0.6 is 0 Å². The second kappa shape index (κ2) is 8.71. The third-order valence-electron chi connectivity index (χ3n) is 5.16. The number of nitrogens with zero attached hydrogens (tertiary/aromatic N) is 1. The molecule has 0 saturated heterocycles. The number of methoxy groups -OCH3 is 1. The zero-order valence-corrected chi connectivity index (χ0v) is 17.9. The van der Waals surface area contributed by atoms with Crippen molar-refractivity contribution < 1.29 is 19.4 Å². The van der Waals surface area contributed by atoms with E-state index in [2.05, 4.69) is 19.2 Å². The monoisotopic (exact) mass is 408 g/mol. The van der Waals surface area contributed by atoms with E-state index >= 15 is 0 Å². The van der Waals surface area contributed by atoms with E-state index in [1.54, 1.807) is 44.5 Å². The predicted molar refractivity (Wildman–Crippen MR) is 117 cm³/mol. The van der Waals surface area contributed by atoms with Gasteiger partial charge in [-0.1, -0.05) is 18.2 Å². The largest absolute Gasteiger partial charge is 0.497 e. The number of nitrogens with one attached hydrogen (secondary N) is 1. The van der Waals surface area contributed by atoms with E-state index in [1.165, 1.54) is 4.90 Å². The summed E-state index contributed by atoms with van der Waals surface area (Å²) in [5.41, 5.74) is 3.47. The maximum absolute atomic E-state index is 13.0. The zero-order chi connectivity index (χ0) is 21.9. The molecule has 3 rings (SSSR count). The first kappa shape index (κ1) is 21.6. The van der Waals surface area contributed by atoms with Crippen molar-refractivity contribution in [3.8, 4) is 5.75 Å². The smallest absolute Gasteiger partial charge is 0.253 e. The van der Waals surface area contributed by atoms with Crippen molar-refractivity contribution in [2.45, 2.75) is 25.8 Å². The third-order valence-corrected chi connectivity index (χ3v) is 5.16. The Kier molecular flexibility index (Phi) is 6.27. The molecule has 6 heteroatoms. The molecule has 2 N–H and O–H groups in total. The minimum Gasteiger partial charge on any atom is -0.497 e. The minimum atomic E-state index is -0.238. The van der Waals surface area contributed by atoms with E-state index in [0.717, 1.165) is 29.0 Å². The molecular formula is C24H28N2O4. The normalized spacial score (nSPS) is 15.8. The molecule has 0 atom stereocenters. The van der Waals surface area contributed by atoms with Crippen molar-refractivity contribution in [2.24, 2.45) is 0 Å². The summed E-state index contributed by atoms with van der Waals surface area (Å²) in [6.07, 6.45) is 2.42. The molecule has 0 unspecified atom stereocenters. The van der Waals surface area contributed by atoms with Crippen LogP contribution in [0.4, 0.5) is 0 Å². The molecule has 30 heavy (non-hydrogen) atoms. The first-order valence-electron chi connectivity index (χ1n) is 9.92. The highest BCUT2D eigenvalue weighted by Gasteiger charge is 2.28. The molecule has 1 aliphatic rings. The van der Waals surface area contributed by atoms with Crippen LogP contribution in [0.5, 0.6) is 5.75 Å². The van der Waals surface area contributed by atoms with Crippen LogP contribution < -0.4 is 10.1 Å². The summed E-state index contributed by atoms with van der Waals surface area (Å²) in [5, 5.41) is 12.5. The Morgan fingerprint density at radius 2 is 1.93 bits per heavy atom. The lowest BCUT2D eigenvalue weighted by molar-refractivity contribution is 0.0767. The maximum Gasteiger partial charge on any atom is 0.253 e. The Bertz CT molecular complexity index is 994. The van der Waals surface area contributed by atoms with Gasteiger partial charge in [0.25, 0.3) is 5.91 Å². The van der Waals surface area contributed by atoms with Crippen molar-refractivity contribution >= 4 is 17.4 Å². The van der Waals surface area contributed by atoms with Crippen molar-refractivity contribution in [3.63, 3.8) is 0 Å². The number of fused-ring (bicyclic) bond motifs is 1. The van der Waals surface area contributed by atoms with E-state index in [9.17, 15) is 9.59 Å². The Labute approximate surface area is 177 Å². The number of hydrogen-bond donors (Lipinski definition) is 2. The predicted octanol–water partition coefficient (Wildman–Crippen LogP) is 2.91. The number of amides is 1. The van der Waals surface area contributed by atoms with Gasteiger partial charge in [-0.05, 0) is 50.1 Å². The lowest BCUT2D eigenvalue weighted by atomic mass is 9.85. The number of rotatable bonds is 6. The van der Waals surface area contributed by atoms with Gasteiger partial charge >= 0.3 is 0 Å². The molecule has 1 aliphatic heterocycles. The maximum atomic E-state index is 13.0. The topological polar surface area (TPSA) is 78.9 Å². The molecule has 1 amide bonds. The highest BCUT2D eigenvalue weighted by Crippen LogP contribution is 2.32. The first-order chi connectivity index (χ1) is 14.2. The molecule has 6 nitrogen and oxygen atoms in total. The molecule has 0 bridgehead atoms. The van der Waals surface area contributed by atoms with Gasteiger partial charge in [-0.25, -0.2) is 0 Å². The van der Waals surface area contributed by atoms with Crippen molar-refractivity contribution in [2.75, 3.05) is 27.3 Å². The number of ketones is 1. The molecule has 0 aromatic heterocycles. The van der Waals surface area contributed by atoms with Crippen molar-refractivity contribution in [3.05, 3.63) is 70.8 Å². The van der Waals surface area contributed by atoms with Gasteiger partial charge in [0.2, 0.25) is 0 Å². The van der Waals surface area contributed by atoms with Crippen LogP contribution in [0.15, 0.2) is 48.5 Å². The molecule has 0 spiro atoms. The van der Waals surface area contributed by atoms with Crippen LogP contribution in [0.25, 0.3) is 5.70 Å². The number of hydrogen-bond acceptors (Lipinski definition) is 5. The van der Waals surface area contributed by atoms with Crippen LogP contribution in [0.2, 0.25) is 0 Å². The number of ether oxygens (including phenoxy) is 1. The number of allylic oxidation sites excluding steroid dienone is 1. The standard InChI is InChI=1S/C24H28N2O4/c1-24(2)15-18-8-9-19(30-4)13-20(18)21(25-24)14-22(28)16-6-5-7-17(12-16)23(29)26(3)10-11-27/h5-9,12-14,25,27H,10-11,15H2,1-4H3/b21-14-. The van der Waals surface area contributed by atoms with Gasteiger partial charge in [0.1, 0.15) is 5.75 Å². The van der Waals surface area contributed by atoms with Crippen LogP contribution in [0.1, 0.15) is 45.7 Å². The molecule has 158 valence electrons. The summed E-state index contributed by atoms with van der Waals surface area (Å²) in [6.45, 7) is 4.31. The second-order valence-electron chi connectivity index (χ2n) is 8.16. The molecule has 0 radical (unpaired) electrons. The fourth-order valence-electron chi connectivity index (χ4n) is 3.65. The number of likely N-dealkylation sites (N-methyl/N-ethyl adjacent to an activating group) is 1. The average Bonchev–Trinajstić information content (AvgIpc) is 2.72. The van der Waals surface area contributed by atoms with Crippen molar-refractivity contribution in [1.82, 2.24) is 10.2 Å². The van der Waals surface area contributed by atoms with Gasteiger partial charge in [0.05, 0.1) is 13.7 Å². The van der Waals surface area contributed by atoms with E-state index in [0.29, 0.717) is 11.1 Å². The van der Waals surface area contributed by atoms with Crippen LogP contribution in [0.3, 0.4) is 0 Å². The third kappa shape index (κ3) is 4.71. The van der Waals surface area contributed by atoms with E-state index in [-0.39, 0.29) is 30.4 Å². The fourth-order valence-corrected chi connectivity index (χ4v) is 3.65. The average molecular weight is 408 g/mol. The van der Waals surface area contributed by atoms with Gasteiger partial charge in [0, 0.05) is 47.6 Å². The van der Waals surface area contributed by atoms with Gasteiger partial charge in [-0.2, -0.15) is 0 Å². The van der Waals surface area contributed by atoms with E-state index < -0.39 is 0 Å². The molecule has 0 aliphatic carbocycles. The summed E-state index contributed by atoms with van der Waals surface area (Å²) < 4.78 is 5.35. The highest BCUT2D eigenvalue weighted by atomic mass is 16.5. The Morgan fingerprint density at radius 3 is 2.63 bits per heavy atom. The van der Waals surface area contributed by atoms with Crippen LogP contribution in [-0.2, 0) is 6.42 Å². The van der Waals surface area contributed by atoms with E-state index in [1.807, 2.05) is 18.2 Å². The number of aliphatic hydroxyl groups is 1.